The van der Waals surface area contributed by atoms with Gasteiger partial charge < -0.3 is 5.11 Å². The van der Waals surface area contributed by atoms with Gasteiger partial charge in [0, 0.05) is 18.4 Å². The molecule has 1 rings (SSSR count). The van der Waals surface area contributed by atoms with E-state index in [1.165, 1.54) is 24.0 Å². The molecule has 5 nitrogen and oxygen atoms in total. The Balaban J connectivity index is 2.70. The summed E-state index contributed by atoms with van der Waals surface area (Å²) in [7, 11) is 0. The summed E-state index contributed by atoms with van der Waals surface area (Å²) in [4.78, 5) is 13.9. The van der Waals surface area contributed by atoms with Crippen LogP contribution in [0, 0.1) is 10.1 Å². The quantitative estimate of drug-likeness (QED) is 0.390. The van der Waals surface area contributed by atoms with Gasteiger partial charge in [-0.1, -0.05) is 0 Å². The number of halogens is 1. The summed E-state index contributed by atoms with van der Waals surface area (Å²) >= 11 is 4.67. The van der Waals surface area contributed by atoms with Crippen LogP contribution in [0.1, 0.15) is 6.42 Å². The number of nitrogens with zero attached hydrogens (tertiary/aromatic N) is 2. The standard InChI is InChI=1S/C8H9BrN2O3S/c9-7-4-6(11(13)14)5-10-8(7)15-3-1-2-12/h4-5,12H,1-3H2. The first kappa shape index (κ1) is 12.4. The van der Waals surface area contributed by atoms with E-state index in [2.05, 4.69) is 20.9 Å². The van der Waals surface area contributed by atoms with E-state index in [4.69, 9.17) is 5.11 Å². The molecular formula is C8H9BrN2O3S. The zero-order chi connectivity index (χ0) is 11.3. The Morgan fingerprint density at radius 3 is 2.93 bits per heavy atom. The van der Waals surface area contributed by atoms with Crippen molar-refractivity contribution in [1.82, 2.24) is 4.98 Å². The number of rotatable bonds is 5. The summed E-state index contributed by atoms with van der Waals surface area (Å²) in [6.45, 7) is 0.137. The summed E-state index contributed by atoms with van der Waals surface area (Å²) in [5.74, 6) is 0.736. The molecule has 1 heterocycles. The van der Waals surface area contributed by atoms with Crippen molar-refractivity contribution in [3.05, 3.63) is 26.9 Å². The monoisotopic (exact) mass is 292 g/mol. The number of aromatic nitrogens is 1. The predicted octanol–water partition coefficient (Wildman–Crippen LogP) is 2.23. The maximum absolute atomic E-state index is 10.4. The molecule has 0 aliphatic carbocycles. The van der Waals surface area contributed by atoms with Gasteiger partial charge >= 0.3 is 0 Å². The first-order valence-corrected chi connectivity index (χ1v) is 5.96. The Morgan fingerprint density at radius 2 is 2.40 bits per heavy atom. The van der Waals surface area contributed by atoms with Crippen LogP contribution < -0.4 is 0 Å². The molecule has 1 N–H and O–H groups in total. The van der Waals surface area contributed by atoms with Crippen LogP contribution in [0.25, 0.3) is 0 Å². The van der Waals surface area contributed by atoms with Gasteiger partial charge in [0.05, 0.1) is 9.40 Å². The molecule has 0 radical (unpaired) electrons. The van der Waals surface area contributed by atoms with Crippen molar-refractivity contribution in [1.29, 1.82) is 0 Å². The topological polar surface area (TPSA) is 76.3 Å². The number of hydrogen-bond donors (Lipinski definition) is 1. The number of pyridine rings is 1. The first-order valence-electron chi connectivity index (χ1n) is 4.18. The SMILES string of the molecule is O=[N+]([O-])c1cnc(SCCCO)c(Br)c1. The van der Waals surface area contributed by atoms with Gasteiger partial charge in [-0.25, -0.2) is 4.98 Å². The summed E-state index contributed by atoms with van der Waals surface area (Å²) in [6.07, 6.45) is 1.90. The second-order valence-electron chi connectivity index (χ2n) is 2.66. The van der Waals surface area contributed by atoms with Gasteiger partial charge in [0.2, 0.25) is 0 Å². The van der Waals surface area contributed by atoms with Gasteiger partial charge in [-0.3, -0.25) is 10.1 Å². The Bertz CT molecular complexity index is 362. The van der Waals surface area contributed by atoms with E-state index in [1.54, 1.807) is 0 Å². The van der Waals surface area contributed by atoms with Crippen LogP contribution in [0.5, 0.6) is 0 Å². The predicted molar refractivity (Wildman–Crippen MR) is 61.0 cm³/mol. The minimum absolute atomic E-state index is 0.0339. The third-order valence-electron chi connectivity index (χ3n) is 1.55. The van der Waals surface area contributed by atoms with Crippen molar-refractivity contribution in [3.8, 4) is 0 Å². The molecule has 0 aliphatic heterocycles. The summed E-state index contributed by atoms with van der Waals surface area (Å²) in [6, 6.07) is 1.42. The van der Waals surface area contributed by atoms with Crippen molar-refractivity contribution < 1.29 is 10.0 Å². The Kier molecular flexibility index (Phi) is 5.00. The summed E-state index contributed by atoms with van der Waals surface area (Å²) in [5, 5.41) is 19.7. The van der Waals surface area contributed by atoms with Crippen molar-refractivity contribution >= 4 is 33.4 Å². The van der Waals surface area contributed by atoms with Crippen molar-refractivity contribution in [3.63, 3.8) is 0 Å². The molecule has 1 aromatic heterocycles. The van der Waals surface area contributed by atoms with Gasteiger partial charge in [-0.15, -0.1) is 11.8 Å². The molecule has 0 spiro atoms. The maximum Gasteiger partial charge on any atom is 0.288 e. The lowest BCUT2D eigenvalue weighted by molar-refractivity contribution is -0.385. The highest BCUT2D eigenvalue weighted by molar-refractivity contribution is 9.10. The van der Waals surface area contributed by atoms with Crippen LogP contribution in [0.3, 0.4) is 0 Å². The Labute approximate surface area is 99.2 Å². The van der Waals surface area contributed by atoms with Crippen LogP contribution >= 0.6 is 27.7 Å². The Hall–Kier alpha value is -0.660. The van der Waals surface area contributed by atoms with Crippen LogP contribution in [0.15, 0.2) is 21.8 Å². The van der Waals surface area contributed by atoms with Crippen LogP contribution in [0.4, 0.5) is 5.69 Å². The fraction of sp³-hybridized carbons (Fsp3) is 0.375. The molecule has 0 saturated heterocycles. The lowest BCUT2D eigenvalue weighted by Gasteiger charge is -2.01. The molecule has 0 fully saturated rings. The molecule has 0 saturated carbocycles. The van der Waals surface area contributed by atoms with Crippen molar-refractivity contribution in [2.24, 2.45) is 0 Å². The number of thioether (sulfide) groups is 1. The summed E-state index contributed by atoms with van der Waals surface area (Å²) in [5.41, 5.74) is -0.0339. The van der Waals surface area contributed by atoms with Gasteiger partial charge in [0.15, 0.2) is 0 Å². The highest BCUT2D eigenvalue weighted by atomic mass is 79.9. The molecule has 0 bridgehead atoms. The first-order chi connectivity index (χ1) is 7.15. The maximum atomic E-state index is 10.4. The lowest BCUT2D eigenvalue weighted by Crippen LogP contribution is -1.92. The minimum Gasteiger partial charge on any atom is -0.396 e. The van der Waals surface area contributed by atoms with Crippen molar-refractivity contribution in [2.75, 3.05) is 12.4 Å². The highest BCUT2D eigenvalue weighted by Crippen LogP contribution is 2.28. The summed E-state index contributed by atoms with van der Waals surface area (Å²) < 4.78 is 0.611. The van der Waals surface area contributed by atoms with Gasteiger partial charge in [-0.2, -0.15) is 0 Å². The normalized spacial score (nSPS) is 10.3. The number of aliphatic hydroxyl groups is 1. The smallest absolute Gasteiger partial charge is 0.288 e. The third-order valence-corrected chi connectivity index (χ3v) is 3.50. The fourth-order valence-electron chi connectivity index (χ4n) is 0.855. The van der Waals surface area contributed by atoms with E-state index in [0.717, 1.165) is 5.75 Å². The molecule has 0 amide bonds. The molecule has 15 heavy (non-hydrogen) atoms. The second-order valence-corrected chi connectivity index (χ2v) is 4.60. The molecule has 7 heteroatoms. The molecule has 0 unspecified atom stereocenters. The Morgan fingerprint density at radius 1 is 1.67 bits per heavy atom. The van der Waals surface area contributed by atoms with E-state index in [0.29, 0.717) is 15.9 Å². The van der Waals surface area contributed by atoms with Gasteiger partial charge in [0.25, 0.3) is 5.69 Å². The average molecular weight is 293 g/mol. The molecule has 1 aromatic rings. The van der Waals surface area contributed by atoms with Gasteiger partial charge in [0.1, 0.15) is 11.2 Å². The number of aliphatic hydroxyl groups excluding tert-OH is 1. The lowest BCUT2D eigenvalue weighted by atomic mass is 10.4. The molecule has 0 aromatic carbocycles. The van der Waals surface area contributed by atoms with Crippen LogP contribution in [-0.4, -0.2) is 27.4 Å². The van der Waals surface area contributed by atoms with Crippen molar-refractivity contribution in [2.45, 2.75) is 11.4 Å². The van der Waals surface area contributed by atoms with E-state index >= 15 is 0 Å². The zero-order valence-corrected chi connectivity index (χ0v) is 10.1. The minimum atomic E-state index is -0.486. The van der Waals surface area contributed by atoms with E-state index in [-0.39, 0.29) is 12.3 Å². The largest absolute Gasteiger partial charge is 0.396 e. The number of nitro groups is 1. The van der Waals surface area contributed by atoms with E-state index < -0.39 is 4.92 Å². The highest BCUT2D eigenvalue weighted by Gasteiger charge is 2.10. The second kappa shape index (κ2) is 6.04. The fourth-order valence-corrected chi connectivity index (χ4v) is 2.33. The third kappa shape index (κ3) is 3.77. The molecular weight excluding hydrogens is 284 g/mol. The van der Waals surface area contributed by atoms with E-state index in [9.17, 15) is 10.1 Å². The van der Waals surface area contributed by atoms with Crippen LogP contribution in [-0.2, 0) is 0 Å². The zero-order valence-electron chi connectivity index (χ0n) is 7.72. The molecule has 0 atom stereocenters. The average Bonchev–Trinajstić information content (AvgIpc) is 2.20. The molecule has 82 valence electrons. The number of hydrogen-bond acceptors (Lipinski definition) is 5. The van der Waals surface area contributed by atoms with Gasteiger partial charge in [-0.05, 0) is 22.4 Å². The van der Waals surface area contributed by atoms with Crippen LogP contribution in [0.2, 0.25) is 0 Å². The van der Waals surface area contributed by atoms with E-state index in [1.807, 2.05) is 0 Å². The molecule has 0 aliphatic rings.